The summed E-state index contributed by atoms with van der Waals surface area (Å²) in [5.41, 5.74) is 2.48. The third-order valence-corrected chi connectivity index (χ3v) is 9.30. The van der Waals surface area contributed by atoms with Crippen molar-refractivity contribution in [2.75, 3.05) is 57.8 Å². The second-order valence-corrected chi connectivity index (χ2v) is 13.8. The fourth-order valence-corrected chi connectivity index (χ4v) is 6.64. The van der Waals surface area contributed by atoms with E-state index in [0.29, 0.717) is 17.0 Å². The van der Waals surface area contributed by atoms with E-state index in [4.69, 9.17) is 9.72 Å². The molecule has 0 aliphatic carbocycles. The number of rotatable bonds is 9. The van der Waals surface area contributed by atoms with Crippen LogP contribution in [0, 0.1) is 5.92 Å². The third kappa shape index (κ3) is 8.22. The van der Waals surface area contributed by atoms with Crippen LogP contribution in [0.4, 0.5) is 10.6 Å². The summed E-state index contributed by atoms with van der Waals surface area (Å²) in [6.07, 6.45) is 5.88. The number of carbonyl (C=O) groups is 3. The quantitative estimate of drug-likeness (QED) is 0.348. The Balaban J connectivity index is 1.19. The number of hydrogen-bond acceptors (Lipinski definition) is 8. The number of hydrogen-bond donors (Lipinski definition) is 1. The van der Waals surface area contributed by atoms with E-state index in [9.17, 15) is 19.2 Å². The summed E-state index contributed by atoms with van der Waals surface area (Å²) in [4.78, 5) is 60.8. The average molecular weight is 648 g/mol. The van der Waals surface area contributed by atoms with Crippen molar-refractivity contribution >= 4 is 35.1 Å². The molecule has 2 saturated heterocycles. The SMILES string of the molecule is CNC(=O)CCC(C=O)n1c(=O)n(C)c2cc(-c3ccc(N4CCCN(CC5CCN(C(=O)OC(C)(C)C)CC5)CC4)nc3)ccc21. The molecule has 2 aromatic heterocycles. The standard InChI is InChI=1S/C35H49N7O5/c1-35(2,3)47-34(46)41-17-13-25(14-18-41)23-39-15-6-16-40(20-19-39)31-11-8-27(22-37-31)26-7-10-29-30(21-26)38(5)33(45)42(29)28(24-43)9-12-32(44)36-4/h7-8,10-11,21-22,24-25,28H,6,9,12-20,23H2,1-5H3,(H,36,44). The van der Waals surface area contributed by atoms with Crippen molar-refractivity contribution in [3.63, 3.8) is 0 Å². The van der Waals surface area contributed by atoms with Gasteiger partial charge in [-0.25, -0.2) is 14.6 Å². The molecule has 12 heteroatoms. The highest BCUT2D eigenvalue weighted by molar-refractivity contribution is 5.84. The summed E-state index contributed by atoms with van der Waals surface area (Å²) in [7, 11) is 3.25. The van der Waals surface area contributed by atoms with Crippen LogP contribution in [-0.4, -0.2) is 101 Å². The Morgan fingerprint density at radius 1 is 1.02 bits per heavy atom. The normalized spacial score (nSPS) is 17.4. The minimum Gasteiger partial charge on any atom is -0.444 e. The summed E-state index contributed by atoms with van der Waals surface area (Å²) in [6, 6.07) is 9.16. The molecule has 0 spiro atoms. The zero-order valence-electron chi connectivity index (χ0n) is 28.4. The molecule has 254 valence electrons. The van der Waals surface area contributed by atoms with Gasteiger partial charge in [0.15, 0.2) is 0 Å². The molecule has 2 fully saturated rings. The minimum absolute atomic E-state index is 0.157. The van der Waals surface area contributed by atoms with E-state index in [1.165, 1.54) is 4.57 Å². The molecule has 0 radical (unpaired) electrons. The number of amides is 2. The Bertz CT molecular complexity index is 1620. The highest BCUT2D eigenvalue weighted by Gasteiger charge is 2.28. The van der Waals surface area contributed by atoms with E-state index >= 15 is 0 Å². The van der Waals surface area contributed by atoms with Crippen molar-refractivity contribution in [1.82, 2.24) is 29.2 Å². The first-order chi connectivity index (χ1) is 22.5. The fraction of sp³-hybridized carbons (Fsp3) is 0.571. The molecular formula is C35H49N7O5. The molecule has 1 aromatic carbocycles. The van der Waals surface area contributed by atoms with Gasteiger partial charge in [-0.15, -0.1) is 0 Å². The molecule has 4 heterocycles. The molecule has 5 rings (SSSR count). The first-order valence-electron chi connectivity index (χ1n) is 16.8. The lowest BCUT2D eigenvalue weighted by Gasteiger charge is -2.35. The van der Waals surface area contributed by atoms with Gasteiger partial charge in [0.1, 0.15) is 17.7 Å². The lowest BCUT2D eigenvalue weighted by Crippen LogP contribution is -2.44. The summed E-state index contributed by atoms with van der Waals surface area (Å²) in [6.45, 7) is 12.1. The number of nitrogens with one attached hydrogen (secondary N) is 1. The zero-order valence-corrected chi connectivity index (χ0v) is 28.4. The van der Waals surface area contributed by atoms with Gasteiger partial charge < -0.3 is 29.5 Å². The van der Waals surface area contributed by atoms with Crippen LogP contribution in [-0.2, 0) is 21.4 Å². The molecule has 1 atom stereocenters. The second-order valence-electron chi connectivity index (χ2n) is 13.8. The maximum Gasteiger partial charge on any atom is 0.410 e. The Hall–Kier alpha value is -4.19. The highest BCUT2D eigenvalue weighted by Crippen LogP contribution is 2.28. The Morgan fingerprint density at radius 2 is 1.77 bits per heavy atom. The Morgan fingerprint density at radius 3 is 2.43 bits per heavy atom. The van der Waals surface area contributed by atoms with E-state index in [1.54, 1.807) is 18.7 Å². The minimum atomic E-state index is -0.725. The number of fused-ring (bicyclic) bond motifs is 1. The van der Waals surface area contributed by atoms with E-state index in [-0.39, 0.29) is 30.5 Å². The van der Waals surface area contributed by atoms with Gasteiger partial charge >= 0.3 is 11.8 Å². The highest BCUT2D eigenvalue weighted by atomic mass is 16.6. The van der Waals surface area contributed by atoms with E-state index in [1.807, 2.05) is 50.1 Å². The second kappa shape index (κ2) is 14.7. The summed E-state index contributed by atoms with van der Waals surface area (Å²) < 4.78 is 8.58. The molecule has 2 aliphatic heterocycles. The van der Waals surface area contributed by atoms with Gasteiger partial charge in [0, 0.05) is 71.5 Å². The van der Waals surface area contributed by atoms with E-state index < -0.39 is 11.6 Å². The van der Waals surface area contributed by atoms with Crippen molar-refractivity contribution in [2.45, 2.75) is 64.5 Å². The molecule has 0 saturated carbocycles. The fourth-order valence-electron chi connectivity index (χ4n) is 6.64. The van der Waals surface area contributed by atoms with E-state index in [0.717, 1.165) is 88.3 Å². The molecule has 3 aromatic rings. The molecule has 0 bridgehead atoms. The molecule has 1 unspecified atom stereocenters. The first-order valence-corrected chi connectivity index (χ1v) is 16.8. The third-order valence-electron chi connectivity index (χ3n) is 9.30. The first kappa shape index (κ1) is 34.2. The van der Waals surface area contributed by atoms with Gasteiger partial charge in [-0.05, 0) is 88.7 Å². The van der Waals surface area contributed by atoms with Gasteiger partial charge in [-0.3, -0.25) is 13.9 Å². The zero-order chi connectivity index (χ0) is 33.7. The maximum absolute atomic E-state index is 13.1. The monoisotopic (exact) mass is 647 g/mol. The number of aldehydes is 1. The smallest absolute Gasteiger partial charge is 0.410 e. The number of pyridine rings is 1. The van der Waals surface area contributed by atoms with E-state index in [2.05, 4.69) is 27.2 Å². The number of imidazole rings is 1. The van der Waals surface area contributed by atoms with Crippen LogP contribution >= 0.6 is 0 Å². The summed E-state index contributed by atoms with van der Waals surface area (Å²) in [5.74, 6) is 1.36. The van der Waals surface area contributed by atoms with Gasteiger partial charge in [-0.1, -0.05) is 6.07 Å². The van der Waals surface area contributed by atoms with Crippen LogP contribution in [0.5, 0.6) is 0 Å². The number of aromatic nitrogens is 3. The van der Waals surface area contributed by atoms with Crippen LogP contribution in [0.3, 0.4) is 0 Å². The number of ether oxygens (including phenoxy) is 1. The topological polar surface area (TPSA) is 122 Å². The van der Waals surface area contributed by atoms with Crippen LogP contribution in [0.15, 0.2) is 41.3 Å². The van der Waals surface area contributed by atoms with Crippen LogP contribution in [0.1, 0.15) is 58.9 Å². The maximum atomic E-state index is 13.1. The van der Waals surface area contributed by atoms with Gasteiger partial charge in [0.05, 0.1) is 17.1 Å². The molecule has 47 heavy (non-hydrogen) atoms. The Kier molecular flexibility index (Phi) is 10.7. The summed E-state index contributed by atoms with van der Waals surface area (Å²) >= 11 is 0. The molecule has 2 aliphatic rings. The number of benzene rings is 1. The Labute approximate surface area is 276 Å². The predicted molar refractivity (Wildman–Crippen MR) is 183 cm³/mol. The number of likely N-dealkylation sites (tertiary alicyclic amines) is 1. The predicted octanol–water partition coefficient (Wildman–Crippen LogP) is 3.83. The van der Waals surface area contributed by atoms with Gasteiger partial charge in [0.25, 0.3) is 0 Å². The lowest BCUT2D eigenvalue weighted by molar-refractivity contribution is -0.121. The summed E-state index contributed by atoms with van der Waals surface area (Å²) in [5, 5.41) is 2.56. The van der Waals surface area contributed by atoms with Crippen molar-refractivity contribution in [2.24, 2.45) is 13.0 Å². The van der Waals surface area contributed by atoms with Crippen molar-refractivity contribution < 1.29 is 19.1 Å². The molecular weight excluding hydrogens is 598 g/mol. The number of piperidine rings is 1. The van der Waals surface area contributed by atoms with Crippen molar-refractivity contribution in [3.05, 3.63) is 47.0 Å². The number of anilines is 1. The molecule has 12 nitrogen and oxygen atoms in total. The van der Waals surface area contributed by atoms with Crippen LogP contribution < -0.4 is 15.9 Å². The molecule has 1 N–H and O–H groups in total. The largest absolute Gasteiger partial charge is 0.444 e. The van der Waals surface area contributed by atoms with Crippen LogP contribution in [0.2, 0.25) is 0 Å². The van der Waals surface area contributed by atoms with Crippen molar-refractivity contribution in [3.8, 4) is 11.1 Å². The average Bonchev–Trinajstić information content (AvgIpc) is 3.18. The van der Waals surface area contributed by atoms with Gasteiger partial charge in [-0.2, -0.15) is 0 Å². The number of aryl methyl sites for hydroxylation is 1. The number of carbonyl (C=O) groups excluding carboxylic acids is 3. The van der Waals surface area contributed by atoms with Crippen LogP contribution in [0.25, 0.3) is 22.2 Å². The lowest BCUT2D eigenvalue weighted by atomic mass is 9.96. The molecule has 2 amide bonds. The van der Waals surface area contributed by atoms with Gasteiger partial charge in [0.2, 0.25) is 5.91 Å². The van der Waals surface area contributed by atoms with Crippen molar-refractivity contribution in [1.29, 1.82) is 0 Å². The number of nitrogens with zero attached hydrogens (tertiary/aromatic N) is 6.